The predicted molar refractivity (Wildman–Crippen MR) is 77.3 cm³/mol. The lowest BCUT2D eigenvalue weighted by molar-refractivity contribution is -0.120. The summed E-state index contributed by atoms with van der Waals surface area (Å²) in [6.45, 7) is 2.74. The van der Waals surface area contributed by atoms with Gasteiger partial charge in [-0.15, -0.1) is 0 Å². The van der Waals surface area contributed by atoms with E-state index in [0.717, 1.165) is 22.2 Å². The lowest BCUT2D eigenvalue weighted by Crippen LogP contribution is -2.25. The number of hydrogen-bond acceptors (Lipinski definition) is 3. The molecule has 1 fully saturated rings. The van der Waals surface area contributed by atoms with Gasteiger partial charge in [-0.1, -0.05) is 13.0 Å². The van der Waals surface area contributed by atoms with Gasteiger partial charge in [-0.2, -0.15) is 0 Å². The minimum absolute atomic E-state index is 0.0908. The summed E-state index contributed by atoms with van der Waals surface area (Å²) < 4.78 is 5.99. The van der Waals surface area contributed by atoms with Crippen LogP contribution >= 0.6 is 15.9 Å². The third kappa shape index (κ3) is 3.07. The molecule has 19 heavy (non-hydrogen) atoms. The molecule has 0 bridgehead atoms. The monoisotopic (exact) mass is 325 g/mol. The number of nitrogens with zero attached hydrogens (tertiary/aromatic N) is 1. The predicted octanol–water partition coefficient (Wildman–Crippen LogP) is 1.98. The number of aliphatic imine (C=N–C) groups is 1. The maximum absolute atomic E-state index is 11.9. The number of hydrogen-bond donors (Lipinski definition) is 2. The lowest BCUT2D eigenvalue weighted by Gasteiger charge is -2.10. The largest absolute Gasteiger partial charge is 0.496 e. The molecule has 1 aromatic carbocycles. The minimum Gasteiger partial charge on any atom is -0.496 e. The highest BCUT2D eigenvalue weighted by Gasteiger charge is 2.29. The molecule has 1 saturated heterocycles. The lowest BCUT2D eigenvalue weighted by atomic mass is 10.1. The minimum atomic E-state index is -0.405. The van der Waals surface area contributed by atoms with Crippen molar-refractivity contribution in [3.8, 4) is 5.75 Å². The maximum atomic E-state index is 11.9. The van der Waals surface area contributed by atoms with Crippen LogP contribution in [0.4, 0.5) is 0 Å². The van der Waals surface area contributed by atoms with Crippen molar-refractivity contribution in [2.24, 2.45) is 4.99 Å². The van der Waals surface area contributed by atoms with Gasteiger partial charge in [0.2, 0.25) is 0 Å². The Morgan fingerprint density at radius 3 is 2.89 bits per heavy atom. The van der Waals surface area contributed by atoms with Crippen LogP contribution in [0.25, 0.3) is 0 Å². The van der Waals surface area contributed by atoms with Crippen LogP contribution in [0.15, 0.2) is 27.7 Å². The molecule has 1 heterocycles. The van der Waals surface area contributed by atoms with Crippen molar-refractivity contribution < 1.29 is 9.53 Å². The first kappa shape index (κ1) is 13.9. The first-order valence-electron chi connectivity index (χ1n) is 6.11. The molecule has 0 spiro atoms. The molecule has 2 rings (SSSR count). The van der Waals surface area contributed by atoms with Crippen LogP contribution in [-0.2, 0) is 4.79 Å². The van der Waals surface area contributed by atoms with Crippen molar-refractivity contribution in [1.29, 1.82) is 0 Å². The molecule has 1 aliphatic heterocycles. The number of nitrogens with one attached hydrogen (secondary N) is 2. The Hall–Kier alpha value is -1.56. The molecule has 102 valence electrons. The zero-order valence-corrected chi connectivity index (χ0v) is 12.5. The normalized spacial score (nSPS) is 20.3. The van der Waals surface area contributed by atoms with Gasteiger partial charge in [-0.25, -0.2) is 0 Å². The second-order valence-corrected chi connectivity index (χ2v) is 5.05. The van der Waals surface area contributed by atoms with Crippen LogP contribution in [0, 0.1) is 0 Å². The van der Waals surface area contributed by atoms with Gasteiger partial charge in [0.05, 0.1) is 11.6 Å². The van der Waals surface area contributed by atoms with Gasteiger partial charge in [0.1, 0.15) is 11.8 Å². The summed E-state index contributed by atoms with van der Waals surface area (Å²) in [6, 6.07) is 5.16. The van der Waals surface area contributed by atoms with Crippen LogP contribution in [0.5, 0.6) is 5.75 Å². The zero-order chi connectivity index (χ0) is 13.8. The third-order valence-corrected chi connectivity index (χ3v) is 3.41. The van der Waals surface area contributed by atoms with Crippen LogP contribution in [-0.4, -0.2) is 25.5 Å². The van der Waals surface area contributed by atoms with Crippen molar-refractivity contribution >= 4 is 27.8 Å². The topological polar surface area (TPSA) is 62.7 Å². The van der Waals surface area contributed by atoms with E-state index in [1.807, 2.05) is 25.1 Å². The standard InChI is InChI=1S/C13H16BrN3O2/c1-3-6-15-13-16-11(12(18)17-13)8-4-5-10(19-2)9(14)7-8/h4-5,7,11H,3,6H2,1-2H3,(H2,15,16,17,18). The number of amides is 1. The fraction of sp³-hybridized carbons (Fsp3) is 0.385. The Morgan fingerprint density at radius 2 is 2.26 bits per heavy atom. The Labute approximate surface area is 120 Å². The SMILES string of the molecule is CCCN=C1NC(=O)C(c2ccc(OC)c(Br)c2)N1. The van der Waals surface area contributed by atoms with Gasteiger partial charge < -0.3 is 10.1 Å². The summed E-state index contributed by atoms with van der Waals surface area (Å²) in [4.78, 5) is 16.2. The molecule has 0 saturated carbocycles. The average Bonchev–Trinajstić information content (AvgIpc) is 2.77. The summed E-state index contributed by atoms with van der Waals surface area (Å²) in [5.41, 5.74) is 0.867. The molecule has 1 atom stereocenters. The Kier molecular flexibility index (Phi) is 4.42. The van der Waals surface area contributed by atoms with Crippen LogP contribution in [0.1, 0.15) is 24.9 Å². The van der Waals surface area contributed by atoms with Crippen molar-refractivity contribution in [2.75, 3.05) is 13.7 Å². The zero-order valence-electron chi connectivity index (χ0n) is 10.9. The molecule has 5 nitrogen and oxygen atoms in total. The summed E-state index contributed by atoms with van der Waals surface area (Å²) in [5.74, 6) is 1.19. The first-order chi connectivity index (χ1) is 9.15. The van der Waals surface area contributed by atoms with E-state index < -0.39 is 6.04 Å². The molecule has 6 heteroatoms. The van der Waals surface area contributed by atoms with Gasteiger partial charge in [-0.3, -0.25) is 15.1 Å². The van der Waals surface area contributed by atoms with Crippen LogP contribution in [0.2, 0.25) is 0 Å². The Bertz CT molecular complexity index is 517. The van der Waals surface area contributed by atoms with E-state index in [-0.39, 0.29) is 5.91 Å². The number of halogens is 1. The molecule has 1 amide bonds. The maximum Gasteiger partial charge on any atom is 0.253 e. The van der Waals surface area contributed by atoms with Crippen LogP contribution in [0.3, 0.4) is 0 Å². The van der Waals surface area contributed by atoms with Crippen LogP contribution < -0.4 is 15.4 Å². The van der Waals surface area contributed by atoms with E-state index in [1.54, 1.807) is 7.11 Å². The molecule has 1 aromatic rings. The number of carbonyl (C=O) groups is 1. The highest BCUT2D eigenvalue weighted by atomic mass is 79.9. The molecule has 2 N–H and O–H groups in total. The highest BCUT2D eigenvalue weighted by molar-refractivity contribution is 9.10. The molecule has 0 aliphatic carbocycles. The second kappa shape index (κ2) is 6.06. The Balaban J connectivity index is 2.18. The van der Waals surface area contributed by atoms with E-state index in [0.29, 0.717) is 12.5 Å². The van der Waals surface area contributed by atoms with E-state index >= 15 is 0 Å². The molecular formula is C13H16BrN3O2. The number of guanidine groups is 1. The quantitative estimate of drug-likeness (QED) is 0.889. The molecule has 1 aliphatic rings. The summed E-state index contributed by atoms with van der Waals surface area (Å²) in [6.07, 6.45) is 0.944. The summed E-state index contributed by atoms with van der Waals surface area (Å²) in [7, 11) is 1.61. The van der Waals surface area contributed by atoms with E-state index in [9.17, 15) is 4.79 Å². The number of methoxy groups -OCH3 is 1. The third-order valence-electron chi connectivity index (χ3n) is 2.79. The second-order valence-electron chi connectivity index (χ2n) is 4.19. The van der Waals surface area contributed by atoms with Gasteiger partial charge in [0, 0.05) is 6.54 Å². The number of carbonyl (C=O) groups excluding carboxylic acids is 1. The van der Waals surface area contributed by atoms with Gasteiger partial charge in [0.25, 0.3) is 5.91 Å². The van der Waals surface area contributed by atoms with Gasteiger partial charge in [-0.05, 0) is 40.0 Å². The van der Waals surface area contributed by atoms with E-state index in [2.05, 4.69) is 31.6 Å². The highest BCUT2D eigenvalue weighted by Crippen LogP contribution is 2.28. The van der Waals surface area contributed by atoms with Crippen molar-refractivity contribution in [3.63, 3.8) is 0 Å². The van der Waals surface area contributed by atoms with Crippen molar-refractivity contribution in [1.82, 2.24) is 10.6 Å². The van der Waals surface area contributed by atoms with Crippen molar-refractivity contribution in [2.45, 2.75) is 19.4 Å². The smallest absolute Gasteiger partial charge is 0.253 e. The molecular weight excluding hydrogens is 310 g/mol. The molecule has 0 radical (unpaired) electrons. The summed E-state index contributed by atoms with van der Waals surface area (Å²) >= 11 is 3.42. The van der Waals surface area contributed by atoms with E-state index in [4.69, 9.17) is 4.74 Å². The first-order valence-corrected chi connectivity index (χ1v) is 6.90. The summed E-state index contributed by atoms with van der Waals surface area (Å²) in [5, 5.41) is 5.82. The van der Waals surface area contributed by atoms with Gasteiger partial charge >= 0.3 is 0 Å². The number of benzene rings is 1. The van der Waals surface area contributed by atoms with Crippen molar-refractivity contribution in [3.05, 3.63) is 28.2 Å². The average molecular weight is 326 g/mol. The fourth-order valence-electron chi connectivity index (χ4n) is 1.83. The fourth-order valence-corrected chi connectivity index (χ4v) is 2.39. The number of rotatable bonds is 4. The van der Waals surface area contributed by atoms with Gasteiger partial charge in [0.15, 0.2) is 5.96 Å². The molecule has 0 aromatic heterocycles. The number of ether oxygens (including phenoxy) is 1. The Morgan fingerprint density at radius 1 is 1.47 bits per heavy atom. The van der Waals surface area contributed by atoms with E-state index in [1.165, 1.54) is 0 Å². The molecule has 1 unspecified atom stereocenters.